The highest BCUT2D eigenvalue weighted by molar-refractivity contribution is 8.03. The SMILES string of the molecule is COC(=O)N1C=C(C(C)C)SC1NC(C)=O. The van der Waals surface area contributed by atoms with Crippen molar-refractivity contribution in [3.63, 3.8) is 0 Å². The zero-order chi connectivity index (χ0) is 12.3. The quantitative estimate of drug-likeness (QED) is 0.803. The molecule has 6 heteroatoms. The number of hydrogen-bond acceptors (Lipinski definition) is 4. The number of hydrogen-bond donors (Lipinski definition) is 1. The van der Waals surface area contributed by atoms with Gasteiger partial charge in [-0.05, 0) is 5.92 Å². The summed E-state index contributed by atoms with van der Waals surface area (Å²) in [6.07, 6.45) is 1.25. The van der Waals surface area contributed by atoms with Crippen molar-refractivity contribution >= 4 is 23.8 Å². The lowest BCUT2D eigenvalue weighted by atomic mass is 10.2. The summed E-state index contributed by atoms with van der Waals surface area (Å²) in [4.78, 5) is 24.9. The van der Waals surface area contributed by atoms with Gasteiger partial charge in [0.1, 0.15) is 0 Å². The van der Waals surface area contributed by atoms with Gasteiger partial charge in [0.2, 0.25) is 5.91 Å². The van der Waals surface area contributed by atoms with Gasteiger partial charge in [0.15, 0.2) is 5.50 Å². The second kappa shape index (κ2) is 5.25. The molecule has 1 aliphatic rings. The minimum Gasteiger partial charge on any atom is -0.452 e. The molecule has 1 atom stereocenters. The Morgan fingerprint density at radius 2 is 2.19 bits per heavy atom. The minimum absolute atomic E-state index is 0.176. The van der Waals surface area contributed by atoms with E-state index in [0.29, 0.717) is 5.92 Å². The molecule has 1 N–H and O–H groups in total. The van der Waals surface area contributed by atoms with Gasteiger partial charge in [-0.25, -0.2) is 4.79 Å². The molecule has 1 unspecified atom stereocenters. The van der Waals surface area contributed by atoms with Gasteiger partial charge < -0.3 is 10.1 Å². The highest BCUT2D eigenvalue weighted by atomic mass is 32.2. The van der Waals surface area contributed by atoms with Crippen LogP contribution in [0.5, 0.6) is 0 Å². The van der Waals surface area contributed by atoms with Crippen molar-refractivity contribution in [2.24, 2.45) is 5.92 Å². The second-order valence-electron chi connectivity index (χ2n) is 3.73. The molecule has 1 aliphatic heterocycles. The van der Waals surface area contributed by atoms with Crippen molar-refractivity contribution in [3.8, 4) is 0 Å². The third kappa shape index (κ3) is 2.91. The Kier molecular flexibility index (Phi) is 4.23. The molecule has 5 nitrogen and oxygen atoms in total. The molecule has 90 valence electrons. The van der Waals surface area contributed by atoms with Gasteiger partial charge in [-0.2, -0.15) is 0 Å². The number of nitrogens with zero attached hydrogens (tertiary/aromatic N) is 1. The number of carbonyl (C=O) groups excluding carboxylic acids is 2. The smallest absolute Gasteiger partial charge is 0.415 e. The molecule has 0 spiro atoms. The topological polar surface area (TPSA) is 58.6 Å². The molecule has 0 aromatic rings. The molecule has 0 saturated carbocycles. The summed E-state index contributed by atoms with van der Waals surface area (Å²) in [5.41, 5.74) is -0.401. The fourth-order valence-corrected chi connectivity index (χ4v) is 2.42. The van der Waals surface area contributed by atoms with E-state index in [2.05, 4.69) is 10.1 Å². The van der Waals surface area contributed by atoms with E-state index in [9.17, 15) is 9.59 Å². The predicted molar refractivity (Wildman–Crippen MR) is 62.4 cm³/mol. The van der Waals surface area contributed by atoms with Crippen LogP contribution in [0.3, 0.4) is 0 Å². The molecule has 0 aliphatic carbocycles. The van der Waals surface area contributed by atoms with Crippen LogP contribution in [0.1, 0.15) is 20.8 Å². The van der Waals surface area contributed by atoms with Gasteiger partial charge in [-0.1, -0.05) is 25.6 Å². The minimum atomic E-state index is -0.470. The predicted octanol–water partition coefficient (Wildman–Crippen LogP) is 1.72. The number of thioether (sulfide) groups is 1. The lowest BCUT2D eigenvalue weighted by Crippen LogP contribution is -2.43. The van der Waals surface area contributed by atoms with Crippen molar-refractivity contribution < 1.29 is 14.3 Å². The lowest BCUT2D eigenvalue weighted by molar-refractivity contribution is -0.119. The zero-order valence-electron chi connectivity index (χ0n) is 9.81. The fraction of sp³-hybridized carbons (Fsp3) is 0.600. The van der Waals surface area contributed by atoms with Crippen molar-refractivity contribution in [2.75, 3.05) is 7.11 Å². The summed E-state index contributed by atoms with van der Waals surface area (Å²) in [6.45, 7) is 5.48. The standard InChI is InChI=1S/C10H16N2O3S/c1-6(2)8-5-12(10(14)15-4)9(16-8)11-7(3)13/h5-6,9H,1-4H3,(H,11,13). The van der Waals surface area contributed by atoms with E-state index >= 15 is 0 Å². The number of nitrogens with one attached hydrogen (secondary N) is 1. The summed E-state index contributed by atoms with van der Waals surface area (Å²) in [5.74, 6) is 0.140. The first-order valence-electron chi connectivity index (χ1n) is 4.97. The van der Waals surface area contributed by atoms with Crippen LogP contribution >= 0.6 is 11.8 Å². The Morgan fingerprint density at radius 1 is 1.56 bits per heavy atom. The molecule has 0 aromatic heterocycles. The third-order valence-corrected chi connectivity index (χ3v) is 3.47. The maximum atomic E-state index is 11.5. The monoisotopic (exact) mass is 244 g/mol. The molecule has 0 aromatic carbocycles. The maximum absolute atomic E-state index is 11.5. The van der Waals surface area contributed by atoms with E-state index in [0.717, 1.165) is 4.91 Å². The van der Waals surface area contributed by atoms with Gasteiger partial charge in [0, 0.05) is 18.0 Å². The number of ether oxygens (including phenoxy) is 1. The van der Waals surface area contributed by atoms with E-state index in [1.807, 2.05) is 13.8 Å². The molecule has 2 amide bonds. The first kappa shape index (κ1) is 12.9. The molecule has 0 saturated heterocycles. The van der Waals surface area contributed by atoms with Crippen molar-refractivity contribution in [2.45, 2.75) is 26.3 Å². The largest absolute Gasteiger partial charge is 0.452 e. The molecule has 0 fully saturated rings. The Bertz CT molecular complexity index is 328. The summed E-state index contributed by atoms with van der Waals surface area (Å²) < 4.78 is 4.65. The van der Waals surface area contributed by atoms with Crippen LogP contribution in [0.25, 0.3) is 0 Å². The number of rotatable bonds is 2. The molecule has 16 heavy (non-hydrogen) atoms. The number of methoxy groups -OCH3 is 1. The van der Waals surface area contributed by atoms with Gasteiger partial charge in [-0.3, -0.25) is 9.69 Å². The summed E-state index contributed by atoms with van der Waals surface area (Å²) in [7, 11) is 1.32. The third-order valence-electron chi connectivity index (χ3n) is 2.05. The van der Waals surface area contributed by atoms with Gasteiger partial charge in [0.05, 0.1) is 7.11 Å². The van der Waals surface area contributed by atoms with Gasteiger partial charge >= 0.3 is 6.09 Å². The van der Waals surface area contributed by atoms with Crippen LogP contribution in [0.2, 0.25) is 0 Å². The Labute approximate surface area is 99.2 Å². The molecule has 1 heterocycles. The first-order chi connectivity index (χ1) is 7.45. The normalized spacial score (nSPS) is 19.7. The van der Waals surface area contributed by atoms with Gasteiger partial charge in [-0.15, -0.1) is 0 Å². The highest BCUT2D eigenvalue weighted by Gasteiger charge is 2.32. The van der Waals surface area contributed by atoms with Crippen LogP contribution in [0.15, 0.2) is 11.1 Å². The van der Waals surface area contributed by atoms with Crippen LogP contribution in [0, 0.1) is 5.92 Å². The summed E-state index contributed by atoms with van der Waals surface area (Å²) in [6, 6.07) is 0. The van der Waals surface area contributed by atoms with Crippen molar-refractivity contribution in [1.29, 1.82) is 0 Å². The summed E-state index contributed by atoms with van der Waals surface area (Å²) >= 11 is 1.45. The van der Waals surface area contributed by atoms with Crippen molar-refractivity contribution in [1.82, 2.24) is 10.2 Å². The molecule has 1 rings (SSSR count). The van der Waals surface area contributed by atoms with Crippen LogP contribution < -0.4 is 5.32 Å². The van der Waals surface area contributed by atoms with E-state index in [4.69, 9.17) is 0 Å². The molecule has 0 bridgehead atoms. The first-order valence-corrected chi connectivity index (χ1v) is 5.85. The Morgan fingerprint density at radius 3 is 2.62 bits per heavy atom. The Balaban J connectivity index is 2.80. The molecular weight excluding hydrogens is 228 g/mol. The lowest BCUT2D eigenvalue weighted by Gasteiger charge is -2.21. The van der Waals surface area contributed by atoms with Crippen LogP contribution in [-0.4, -0.2) is 29.5 Å². The average Bonchev–Trinajstić information content (AvgIpc) is 2.59. The van der Waals surface area contributed by atoms with Crippen LogP contribution in [-0.2, 0) is 9.53 Å². The Hall–Kier alpha value is -1.17. The van der Waals surface area contributed by atoms with Crippen molar-refractivity contribution in [3.05, 3.63) is 11.1 Å². The summed E-state index contributed by atoms with van der Waals surface area (Å²) in [5, 5.41) is 2.69. The zero-order valence-corrected chi connectivity index (χ0v) is 10.6. The maximum Gasteiger partial charge on any atom is 0.415 e. The number of carbonyl (C=O) groups is 2. The van der Waals surface area contributed by atoms with E-state index in [1.165, 1.54) is 30.7 Å². The second-order valence-corrected chi connectivity index (χ2v) is 4.89. The highest BCUT2D eigenvalue weighted by Crippen LogP contribution is 2.36. The van der Waals surface area contributed by atoms with Crippen LogP contribution in [0.4, 0.5) is 4.79 Å². The van der Waals surface area contributed by atoms with E-state index < -0.39 is 11.6 Å². The van der Waals surface area contributed by atoms with E-state index in [-0.39, 0.29) is 5.91 Å². The fourth-order valence-electron chi connectivity index (χ4n) is 1.23. The van der Waals surface area contributed by atoms with E-state index in [1.54, 1.807) is 6.20 Å². The number of allylic oxidation sites excluding steroid dienone is 1. The molecular formula is C10H16N2O3S. The molecule has 0 radical (unpaired) electrons. The average molecular weight is 244 g/mol. The van der Waals surface area contributed by atoms with Gasteiger partial charge in [0.25, 0.3) is 0 Å². The number of amides is 2.